The highest BCUT2D eigenvalue weighted by Gasteiger charge is 2.09. The van der Waals surface area contributed by atoms with E-state index in [0.29, 0.717) is 17.7 Å². The molecule has 1 rings (SSSR count). The van der Waals surface area contributed by atoms with Crippen molar-refractivity contribution in [2.75, 3.05) is 12.4 Å². The van der Waals surface area contributed by atoms with E-state index in [1.807, 2.05) is 13.8 Å². The summed E-state index contributed by atoms with van der Waals surface area (Å²) >= 11 is 0. The number of methoxy groups -OCH3 is 1. The summed E-state index contributed by atoms with van der Waals surface area (Å²) in [6.07, 6.45) is 1.27. The zero-order chi connectivity index (χ0) is 12.8. The van der Waals surface area contributed by atoms with Crippen molar-refractivity contribution in [2.24, 2.45) is 0 Å². The average molecular weight is 235 g/mol. The number of amides is 1. The molecule has 0 aromatic heterocycles. The number of carbonyl (C=O) groups excluding carboxylic acids is 2. The molecule has 0 radical (unpaired) electrons. The van der Waals surface area contributed by atoms with Crippen molar-refractivity contribution in [3.05, 3.63) is 29.3 Å². The van der Waals surface area contributed by atoms with Crippen LogP contribution in [0.5, 0.6) is 0 Å². The van der Waals surface area contributed by atoms with Gasteiger partial charge in [-0.15, -0.1) is 0 Å². The van der Waals surface area contributed by atoms with E-state index in [2.05, 4.69) is 10.1 Å². The maximum Gasteiger partial charge on any atom is 0.337 e. The second-order valence-electron chi connectivity index (χ2n) is 3.82. The second kappa shape index (κ2) is 6.03. The fourth-order valence-corrected chi connectivity index (χ4v) is 1.44. The number of hydrogen-bond donors (Lipinski definition) is 1. The van der Waals surface area contributed by atoms with Gasteiger partial charge in [-0.05, 0) is 31.0 Å². The third-order valence-electron chi connectivity index (χ3n) is 2.41. The first-order chi connectivity index (χ1) is 8.08. The molecular formula is C13H17NO3. The Kier molecular flexibility index (Phi) is 4.69. The van der Waals surface area contributed by atoms with Crippen molar-refractivity contribution in [2.45, 2.75) is 26.7 Å². The van der Waals surface area contributed by atoms with Crippen LogP contribution < -0.4 is 5.32 Å². The maximum atomic E-state index is 11.5. The number of ether oxygens (including phenoxy) is 1. The number of nitrogens with one attached hydrogen (secondary N) is 1. The van der Waals surface area contributed by atoms with Gasteiger partial charge in [-0.1, -0.05) is 13.0 Å². The molecule has 92 valence electrons. The van der Waals surface area contributed by atoms with Gasteiger partial charge in [0.25, 0.3) is 0 Å². The van der Waals surface area contributed by atoms with E-state index in [1.165, 1.54) is 7.11 Å². The van der Waals surface area contributed by atoms with Crippen molar-refractivity contribution in [1.29, 1.82) is 0 Å². The molecule has 0 atom stereocenters. The lowest BCUT2D eigenvalue weighted by Gasteiger charge is -2.09. The molecule has 0 unspecified atom stereocenters. The lowest BCUT2D eigenvalue weighted by Crippen LogP contribution is -2.12. The molecule has 0 fully saturated rings. The summed E-state index contributed by atoms with van der Waals surface area (Å²) in [5.74, 6) is -0.450. The van der Waals surface area contributed by atoms with Gasteiger partial charge in [0, 0.05) is 12.1 Å². The van der Waals surface area contributed by atoms with E-state index in [9.17, 15) is 9.59 Å². The SMILES string of the molecule is CCCC(=O)Nc1cc(C(=O)OC)ccc1C. The van der Waals surface area contributed by atoms with E-state index in [0.717, 1.165) is 12.0 Å². The van der Waals surface area contributed by atoms with E-state index in [1.54, 1.807) is 18.2 Å². The van der Waals surface area contributed by atoms with Crippen LogP contribution in [0.2, 0.25) is 0 Å². The van der Waals surface area contributed by atoms with E-state index in [4.69, 9.17) is 0 Å². The molecule has 0 saturated heterocycles. The largest absolute Gasteiger partial charge is 0.465 e. The Bertz CT molecular complexity index is 427. The van der Waals surface area contributed by atoms with Crippen LogP contribution in [-0.4, -0.2) is 19.0 Å². The molecule has 4 nitrogen and oxygen atoms in total. The van der Waals surface area contributed by atoms with Crippen LogP contribution >= 0.6 is 0 Å². The van der Waals surface area contributed by atoms with Crippen LogP contribution in [0.15, 0.2) is 18.2 Å². The van der Waals surface area contributed by atoms with E-state index < -0.39 is 5.97 Å². The normalized spacial score (nSPS) is 9.82. The number of aryl methyl sites for hydroxylation is 1. The van der Waals surface area contributed by atoms with Gasteiger partial charge in [0.1, 0.15) is 0 Å². The Morgan fingerprint density at radius 1 is 1.35 bits per heavy atom. The van der Waals surface area contributed by atoms with Gasteiger partial charge in [-0.25, -0.2) is 4.79 Å². The smallest absolute Gasteiger partial charge is 0.337 e. The highest BCUT2D eigenvalue weighted by atomic mass is 16.5. The Morgan fingerprint density at radius 3 is 2.65 bits per heavy atom. The number of rotatable bonds is 4. The predicted molar refractivity (Wildman–Crippen MR) is 66.1 cm³/mol. The summed E-state index contributed by atoms with van der Waals surface area (Å²) in [5, 5.41) is 2.78. The highest BCUT2D eigenvalue weighted by molar-refractivity contribution is 5.95. The number of anilines is 1. The molecule has 4 heteroatoms. The second-order valence-corrected chi connectivity index (χ2v) is 3.82. The zero-order valence-corrected chi connectivity index (χ0v) is 10.4. The molecule has 0 aliphatic carbocycles. The van der Waals surface area contributed by atoms with E-state index >= 15 is 0 Å². The lowest BCUT2D eigenvalue weighted by molar-refractivity contribution is -0.116. The van der Waals surface area contributed by atoms with Gasteiger partial charge < -0.3 is 10.1 Å². The summed E-state index contributed by atoms with van der Waals surface area (Å²) in [4.78, 5) is 22.8. The number of benzene rings is 1. The van der Waals surface area contributed by atoms with Crippen LogP contribution in [0.1, 0.15) is 35.7 Å². The summed E-state index contributed by atoms with van der Waals surface area (Å²) < 4.78 is 4.63. The highest BCUT2D eigenvalue weighted by Crippen LogP contribution is 2.17. The minimum atomic E-state index is -0.406. The Hall–Kier alpha value is -1.84. The molecule has 0 bridgehead atoms. The van der Waals surface area contributed by atoms with Crippen LogP contribution in [0.25, 0.3) is 0 Å². The number of carbonyl (C=O) groups is 2. The monoisotopic (exact) mass is 235 g/mol. The van der Waals surface area contributed by atoms with Crippen LogP contribution in [0, 0.1) is 6.92 Å². The molecule has 1 N–H and O–H groups in total. The molecule has 17 heavy (non-hydrogen) atoms. The van der Waals surface area contributed by atoms with Crippen molar-refractivity contribution >= 4 is 17.6 Å². The molecule has 0 spiro atoms. The summed E-state index contributed by atoms with van der Waals surface area (Å²) in [6, 6.07) is 5.10. The first-order valence-electron chi connectivity index (χ1n) is 5.57. The van der Waals surface area contributed by atoms with Gasteiger partial charge in [-0.3, -0.25) is 4.79 Å². The van der Waals surface area contributed by atoms with Crippen molar-refractivity contribution in [1.82, 2.24) is 0 Å². The van der Waals surface area contributed by atoms with Crippen molar-refractivity contribution in [3.63, 3.8) is 0 Å². The average Bonchev–Trinajstić information content (AvgIpc) is 2.31. The van der Waals surface area contributed by atoms with Crippen LogP contribution in [-0.2, 0) is 9.53 Å². The minimum Gasteiger partial charge on any atom is -0.465 e. The molecule has 1 amide bonds. The maximum absolute atomic E-state index is 11.5. The quantitative estimate of drug-likeness (QED) is 0.816. The van der Waals surface area contributed by atoms with Crippen LogP contribution in [0.4, 0.5) is 5.69 Å². The summed E-state index contributed by atoms with van der Waals surface area (Å²) in [5.41, 5.74) is 2.01. The topological polar surface area (TPSA) is 55.4 Å². The van der Waals surface area contributed by atoms with E-state index in [-0.39, 0.29) is 5.91 Å². The van der Waals surface area contributed by atoms with Crippen molar-refractivity contribution in [3.8, 4) is 0 Å². The molecule has 1 aromatic carbocycles. The zero-order valence-electron chi connectivity index (χ0n) is 10.4. The fraction of sp³-hybridized carbons (Fsp3) is 0.385. The van der Waals surface area contributed by atoms with Gasteiger partial charge >= 0.3 is 5.97 Å². The molecule has 0 saturated carbocycles. The van der Waals surface area contributed by atoms with Gasteiger partial charge in [-0.2, -0.15) is 0 Å². The lowest BCUT2D eigenvalue weighted by atomic mass is 10.1. The van der Waals surface area contributed by atoms with Gasteiger partial charge in [0.15, 0.2) is 0 Å². The predicted octanol–water partition coefficient (Wildman–Crippen LogP) is 2.52. The Morgan fingerprint density at radius 2 is 2.06 bits per heavy atom. The van der Waals surface area contributed by atoms with Gasteiger partial charge in [0.2, 0.25) is 5.91 Å². The molecule has 1 aromatic rings. The fourth-order valence-electron chi connectivity index (χ4n) is 1.44. The summed E-state index contributed by atoms with van der Waals surface area (Å²) in [7, 11) is 1.33. The first-order valence-corrected chi connectivity index (χ1v) is 5.57. The minimum absolute atomic E-state index is 0.0439. The number of hydrogen-bond acceptors (Lipinski definition) is 3. The Balaban J connectivity index is 2.90. The summed E-state index contributed by atoms with van der Waals surface area (Å²) in [6.45, 7) is 3.82. The van der Waals surface area contributed by atoms with Gasteiger partial charge in [0.05, 0.1) is 12.7 Å². The standard InChI is InChI=1S/C13H17NO3/c1-4-5-12(15)14-11-8-10(13(16)17-3)7-6-9(11)2/h6-8H,4-5H2,1-3H3,(H,14,15). The molecule has 0 aliphatic rings. The third kappa shape index (κ3) is 3.59. The third-order valence-corrected chi connectivity index (χ3v) is 2.41. The number of esters is 1. The van der Waals surface area contributed by atoms with Crippen LogP contribution in [0.3, 0.4) is 0 Å². The first kappa shape index (κ1) is 13.2. The van der Waals surface area contributed by atoms with Crippen molar-refractivity contribution < 1.29 is 14.3 Å². The molecule has 0 aliphatic heterocycles. The molecular weight excluding hydrogens is 218 g/mol. The molecule has 0 heterocycles. The Labute approximate surface area is 101 Å².